The summed E-state index contributed by atoms with van der Waals surface area (Å²) in [5, 5.41) is 10.9. The third-order valence-electron chi connectivity index (χ3n) is 2.86. The van der Waals surface area contributed by atoms with Crippen molar-refractivity contribution in [3.05, 3.63) is 18.7 Å². The van der Waals surface area contributed by atoms with Crippen LogP contribution in [0.3, 0.4) is 0 Å². The molecule has 1 fully saturated rings. The number of epoxide rings is 1. The first-order valence-corrected chi connectivity index (χ1v) is 6.26. The fourth-order valence-electron chi connectivity index (χ4n) is 1.90. The van der Waals surface area contributed by atoms with Gasteiger partial charge in [0.1, 0.15) is 6.10 Å². The summed E-state index contributed by atoms with van der Waals surface area (Å²) in [6.45, 7) is 1.45. The van der Waals surface area contributed by atoms with E-state index in [0.717, 1.165) is 17.3 Å². The lowest BCUT2D eigenvalue weighted by Crippen LogP contribution is -2.28. The zero-order valence-electron chi connectivity index (χ0n) is 8.74. The van der Waals surface area contributed by atoms with E-state index in [1.165, 1.54) is 0 Å². The van der Waals surface area contributed by atoms with Gasteiger partial charge in [-0.2, -0.15) is 0 Å². The van der Waals surface area contributed by atoms with Crippen LogP contribution in [0.25, 0.3) is 0 Å². The van der Waals surface area contributed by atoms with Crippen LogP contribution in [-0.2, 0) is 10.5 Å². The second-order valence-corrected chi connectivity index (χ2v) is 5.11. The minimum atomic E-state index is -0.516. The van der Waals surface area contributed by atoms with Crippen LogP contribution in [0.2, 0.25) is 0 Å². The van der Waals surface area contributed by atoms with Crippen LogP contribution in [0.15, 0.2) is 23.7 Å². The zero-order chi connectivity index (χ0) is 11.0. The highest BCUT2D eigenvalue weighted by Crippen LogP contribution is 2.38. The number of hydrogen-bond acceptors (Lipinski definition) is 5. The lowest BCUT2D eigenvalue weighted by Gasteiger charge is -2.17. The Labute approximate surface area is 97.5 Å². The van der Waals surface area contributed by atoms with Crippen LogP contribution >= 0.6 is 11.8 Å². The Hall–Kier alpha value is -0.850. The molecule has 0 amide bonds. The van der Waals surface area contributed by atoms with E-state index in [4.69, 9.17) is 4.74 Å². The van der Waals surface area contributed by atoms with Crippen molar-refractivity contribution in [1.82, 2.24) is 9.55 Å². The molecule has 86 valence electrons. The first-order chi connectivity index (χ1) is 7.80. The molecule has 0 saturated carbocycles. The van der Waals surface area contributed by atoms with Gasteiger partial charge >= 0.3 is 0 Å². The Morgan fingerprint density at radius 1 is 1.69 bits per heavy atom. The summed E-state index contributed by atoms with van der Waals surface area (Å²) in [5.41, 5.74) is -0.387. The summed E-state index contributed by atoms with van der Waals surface area (Å²) in [6.07, 6.45) is 5.34. The quantitative estimate of drug-likeness (QED) is 0.775. The van der Waals surface area contributed by atoms with Crippen molar-refractivity contribution >= 4 is 16.8 Å². The summed E-state index contributed by atoms with van der Waals surface area (Å²) >= 11 is 1.64. The van der Waals surface area contributed by atoms with Crippen LogP contribution in [0.5, 0.6) is 0 Å². The maximum absolute atomic E-state index is 10.1. The maximum atomic E-state index is 10.1. The third-order valence-corrected chi connectivity index (χ3v) is 3.94. The fraction of sp³-hybridized carbons (Fsp3) is 0.600. The largest absolute Gasteiger partial charge is 0.386 e. The molecule has 16 heavy (non-hydrogen) atoms. The van der Waals surface area contributed by atoms with Gasteiger partial charge in [-0.05, 0) is 0 Å². The van der Waals surface area contributed by atoms with Gasteiger partial charge in [0.2, 0.25) is 0 Å². The lowest BCUT2D eigenvalue weighted by molar-refractivity contribution is 0.135. The molecule has 0 aromatic carbocycles. The van der Waals surface area contributed by atoms with Gasteiger partial charge < -0.3 is 14.4 Å². The minimum absolute atomic E-state index is 0.387. The predicted octanol–water partition coefficient (Wildman–Crippen LogP) is 0.462. The SMILES string of the molecule is OC(CC1(n2ccnc2)CO1)C1=NCCS1. The van der Waals surface area contributed by atoms with Crippen molar-refractivity contribution in [2.24, 2.45) is 4.99 Å². The monoisotopic (exact) mass is 239 g/mol. The van der Waals surface area contributed by atoms with E-state index in [9.17, 15) is 5.11 Å². The second kappa shape index (κ2) is 3.87. The Balaban J connectivity index is 1.70. The number of rotatable bonds is 4. The summed E-state index contributed by atoms with van der Waals surface area (Å²) in [7, 11) is 0. The number of aliphatic hydroxyl groups excluding tert-OH is 1. The molecule has 0 radical (unpaired) electrons. The molecule has 3 rings (SSSR count). The molecule has 6 heteroatoms. The molecule has 3 heterocycles. The van der Waals surface area contributed by atoms with Crippen LogP contribution in [-0.4, -0.2) is 44.7 Å². The number of nitrogens with zero attached hydrogens (tertiary/aromatic N) is 3. The van der Waals surface area contributed by atoms with Gasteiger partial charge in [-0.1, -0.05) is 0 Å². The second-order valence-electron chi connectivity index (χ2n) is 3.99. The van der Waals surface area contributed by atoms with Crippen molar-refractivity contribution in [2.75, 3.05) is 18.9 Å². The highest BCUT2D eigenvalue weighted by Gasteiger charge is 2.48. The van der Waals surface area contributed by atoms with E-state index in [-0.39, 0.29) is 5.72 Å². The number of imidazole rings is 1. The Morgan fingerprint density at radius 3 is 3.12 bits per heavy atom. The Morgan fingerprint density at radius 2 is 2.56 bits per heavy atom. The molecule has 1 saturated heterocycles. The molecule has 0 bridgehead atoms. The van der Waals surface area contributed by atoms with Crippen LogP contribution in [0.1, 0.15) is 6.42 Å². The number of ether oxygens (including phenoxy) is 1. The standard InChI is InChI=1S/C10H13N3O2S/c14-8(9-12-2-4-16-9)5-10(6-15-10)13-3-1-11-7-13/h1,3,7-8,14H,2,4-6H2. The molecule has 1 N–H and O–H groups in total. The van der Waals surface area contributed by atoms with Crippen molar-refractivity contribution in [3.8, 4) is 0 Å². The van der Waals surface area contributed by atoms with Crippen LogP contribution in [0, 0.1) is 0 Å². The number of thioether (sulfide) groups is 1. The molecule has 1 aromatic heterocycles. The molecule has 0 aliphatic carbocycles. The van der Waals surface area contributed by atoms with Gasteiger partial charge in [-0.25, -0.2) is 4.98 Å². The topological polar surface area (TPSA) is 62.9 Å². The normalized spacial score (nSPS) is 30.2. The lowest BCUT2D eigenvalue weighted by atomic mass is 10.1. The summed E-state index contributed by atoms with van der Waals surface area (Å²) in [6, 6.07) is 0. The molecule has 2 aliphatic rings. The van der Waals surface area contributed by atoms with Crippen LogP contribution in [0.4, 0.5) is 0 Å². The van der Waals surface area contributed by atoms with Crippen molar-refractivity contribution in [1.29, 1.82) is 0 Å². The van der Waals surface area contributed by atoms with Crippen LogP contribution < -0.4 is 0 Å². The van der Waals surface area contributed by atoms with Crippen molar-refractivity contribution < 1.29 is 9.84 Å². The Bertz CT molecular complexity index is 400. The predicted molar refractivity (Wildman–Crippen MR) is 61.5 cm³/mol. The van der Waals surface area contributed by atoms with Gasteiger partial charge in [0.15, 0.2) is 5.72 Å². The molecule has 2 unspecified atom stereocenters. The first-order valence-electron chi connectivity index (χ1n) is 5.28. The third kappa shape index (κ3) is 1.77. The van der Waals surface area contributed by atoms with Gasteiger partial charge in [-0.15, -0.1) is 11.8 Å². The average Bonchev–Trinajstić information content (AvgIpc) is 2.85. The summed E-state index contributed by atoms with van der Waals surface area (Å²) in [5.74, 6) is 0.978. The van der Waals surface area contributed by atoms with Gasteiger partial charge in [0.05, 0.1) is 18.0 Å². The minimum Gasteiger partial charge on any atom is -0.386 e. The van der Waals surface area contributed by atoms with E-state index in [0.29, 0.717) is 13.0 Å². The van der Waals surface area contributed by atoms with Gasteiger partial charge in [-0.3, -0.25) is 4.99 Å². The molecule has 1 aromatic rings. The summed E-state index contributed by atoms with van der Waals surface area (Å²) in [4.78, 5) is 8.28. The zero-order valence-corrected chi connectivity index (χ0v) is 9.56. The van der Waals surface area contributed by atoms with E-state index in [1.807, 2.05) is 10.8 Å². The van der Waals surface area contributed by atoms with Crippen molar-refractivity contribution in [3.63, 3.8) is 0 Å². The smallest absolute Gasteiger partial charge is 0.172 e. The van der Waals surface area contributed by atoms with E-state index in [1.54, 1.807) is 24.3 Å². The molecular weight excluding hydrogens is 226 g/mol. The van der Waals surface area contributed by atoms with E-state index < -0.39 is 6.10 Å². The fourth-order valence-corrected chi connectivity index (χ4v) is 2.75. The maximum Gasteiger partial charge on any atom is 0.172 e. The van der Waals surface area contributed by atoms with Gasteiger partial charge in [0, 0.05) is 31.1 Å². The van der Waals surface area contributed by atoms with Crippen molar-refractivity contribution in [2.45, 2.75) is 18.2 Å². The molecule has 5 nitrogen and oxygen atoms in total. The van der Waals surface area contributed by atoms with E-state index >= 15 is 0 Å². The highest BCUT2D eigenvalue weighted by atomic mass is 32.2. The average molecular weight is 239 g/mol. The highest BCUT2D eigenvalue weighted by molar-refractivity contribution is 8.14. The summed E-state index contributed by atoms with van der Waals surface area (Å²) < 4.78 is 7.38. The van der Waals surface area contributed by atoms with Gasteiger partial charge in [0.25, 0.3) is 0 Å². The number of hydrogen-bond donors (Lipinski definition) is 1. The first kappa shape index (κ1) is 10.3. The Kier molecular flexibility index (Phi) is 2.49. The molecule has 0 spiro atoms. The number of aromatic nitrogens is 2. The molecule has 2 aliphatic heterocycles. The molecular formula is C10H13N3O2S. The number of aliphatic imine (C=N–C) groups is 1. The number of aliphatic hydroxyl groups is 1. The molecule has 2 atom stereocenters. The van der Waals surface area contributed by atoms with E-state index in [2.05, 4.69) is 9.98 Å².